The third-order valence-electron chi connectivity index (χ3n) is 2.55. The van der Waals surface area contributed by atoms with Crippen LogP contribution in [0.25, 0.3) is 0 Å². The summed E-state index contributed by atoms with van der Waals surface area (Å²) in [6.07, 6.45) is 1.34. The second-order valence-electron chi connectivity index (χ2n) is 4.96. The maximum Gasteiger partial charge on any atom is 0.163 e. The van der Waals surface area contributed by atoms with Crippen molar-refractivity contribution in [3.05, 3.63) is 11.6 Å². The van der Waals surface area contributed by atoms with Crippen LogP contribution in [0.1, 0.15) is 34.6 Å². The summed E-state index contributed by atoms with van der Waals surface area (Å²) < 4.78 is 11.0. The van der Waals surface area contributed by atoms with Crippen molar-refractivity contribution in [2.45, 2.75) is 52.6 Å². The van der Waals surface area contributed by atoms with Crippen LogP contribution in [0.2, 0.25) is 0 Å². The molecule has 0 saturated carbocycles. The fourth-order valence-electron chi connectivity index (χ4n) is 1.85. The highest BCUT2D eigenvalue weighted by Gasteiger charge is 2.38. The van der Waals surface area contributed by atoms with Crippen molar-refractivity contribution in [3.8, 4) is 0 Å². The minimum Gasteiger partial charge on any atom is -0.390 e. The summed E-state index contributed by atoms with van der Waals surface area (Å²) in [6.45, 7) is 10.2. The molecule has 1 saturated heterocycles. The van der Waals surface area contributed by atoms with E-state index < -0.39 is 11.9 Å². The van der Waals surface area contributed by atoms with Gasteiger partial charge in [0, 0.05) is 5.92 Å². The molecule has 3 atom stereocenters. The molecule has 1 aliphatic rings. The lowest BCUT2D eigenvalue weighted by atomic mass is 9.98. The van der Waals surface area contributed by atoms with Gasteiger partial charge in [-0.15, -0.1) is 0 Å². The van der Waals surface area contributed by atoms with Crippen LogP contribution in [0.5, 0.6) is 0 Å². The van der Waals surface area contributed by atoms with Crippen molar-refractivity contribution < 1.29 is 14.6 Å². The van der Waals surface area contributed by atoms with Gasteiger partial charge in [0.1, 0.15) is 6.10 Å². The molecule has 1 fully saturated rings. The first-order valence-corrected chi connectivity index (χ1v) is 5.47. The predicted octanol–water partition coefficient (Wildman–Crippen LogP) is 2.10. The molecule has 1 N–H and O–H groups in total. The van der Waals surface area contributed by atoms with E-state index in [9.17, 15) is 5.11 Å². The van der Waals surface area contributed by atoms with Crippen LogP contribution in [-0.2, 0) is 9.47 Å². The molecule has 88 valence electrons. The lowest BCUT2D eigenvalue weighted by Crippen LogP contribution is -2.34. The van der Waals surface area contributed by atoms with Crippen LogP contribution >= 0.6 is 0 Å². The number of aliphatic hydroxyl groups excluding tert-OH is 1. The molecule has 0 aromatic rings. The molecule has 0 spiro atoms. The standard InChI is InChI=1S/C12H22O3/c1-8(2)6-9(3)11(13)10-7-14-12(4,5)15-10/h6,9-11,13H,7H2,1-5H3/t9-,10+,11-/m0/s1. The van der Waals surface area contributed by atoms with E-state index in [1.165, 1.54) is 5.57 Å². The Hall–Kier alpha value is -0.380. The molecule has 0 aromatic heterocycles. The van der Waals surface area contributed by atoms with Gasteiger partial charge in [-0.25, -0.2) is 0 Å². The fourth-order valence-corrected chi connectivity index (χ4v) is 1.85. The van der Waals surface area contributed by atoms with Crippen molar-refractivity contribution in [2.75, 3.05) is 6.61 Å². The summed E-state index contributed by atoms with van der Waals surface area (Å²) in [5.74, 6) is -0.464. The van der Waals surface area contributed by atoms with Crippen LogP contribution in [0.15, 0.2) is 11.6 Å². The summed E-state index contributed by atoms with van der Waals surface area (Å²) in [4.78, 5) is 0. The Morgan fingerprint density at radius 2 is 2.07 bits per heavy atom. The molecule has 0 bridgehead atoms. The van der Waals surface area contributed by atoms with Crippen LogP contribution in [0.3, 0.4) is 0 Å². The van der Waals surface area contributed by atoms with Gasteiger partial charge in [-0.2, -0.15) is 0 Å². The van der Waals surface area contributed by atoms with Gasteiger partial charge in [0.05, 0.1) is 12.7 Å². The van der Waals surface area contributed by atoms with Crippen LogP contribution in [-0.4, -0.2) is 29.7 Å². The Morgan fingerprint density at radius 1 is 1.47 bits per heavy atom. The zero-order chi connectivity index (χ0) is 11.6. The average Bonchev–Trinajstić information content (AvgIpc) is 2.43. The lowest BCUT2D eigenvalue weighted by Gasteiger charge is -2.23. The molecular formula is C12H22O3. The quantitative estimate of drug-likeness (QED) is 0.731. The van der Waals surface area contributed by atoms with Gasteiger partial charge < -0.3 is 14.6 Å². The minimum atomic E-state index is -0.559. The van der Waals surface area contributed by atoms with E-state index in [-0.39, 0.29) is 12.0 Å². The lowest BCUT2D eigenvalue weighted by molar-refractivity contribution is -0.153. The van der Waals surface area contributed by atoms with Gasteiger partial charge in [0.15, 0.2) is 5.79 Å². The summed E-state index contributed by atoms with van der Waals surface area (Å²) in [5, 5.41) is 10.0. The zero-order valence-corrected chi connectivity index (χ0v) is 10.3. The number of rotatable bonds is 3. The summed E-state index contributed by atoms with van der Waals surface area (Å²) in [5.41, 5.74) is 1.21. The van der Waals surface area contributed by atoms with Crippen molar-refractivity contribution in [3.63, 3.8) is 0 Å². The number of ether oxygens (including phenoxy) is 2. The van der Waals surface area contributed by atoms with Gasteiger partial charge in [0.2, 0.25) is 0 Å². The first-order valence-electron chi connectivity index (χ1n) is 5.47. The first kappa shape index (κ1) is 12.7. The van der Waals surface area contributed by atoms with Gasteiger partial charge in [-0.05, 0) is 27.7 Å². The van der Waals surface area contributed by atoms with E-state index in [4.69, 9.17) is 9.47 Å². The summed E-state index contributed by atoms with van der Waals surface area (Å²) in [7, 11) is 0. The molecule has 0 aromatic carbocycles. The number of allylic oxidation sites excluding steroid dienone is 1. The zero-order valence-electron chi connectivity index (χ0n) is 10.3. The van der Waals surface area contributed by atoms with Crippen LogP contribution < -0.4 is 0 Å². The predicted molar refractivity (Wildman–Crippen MR) is 59.5 cm³/mol. The Bertz CT molecular complexity index is 241. The highest BCUT2D eigenvalue weighted by Crippen LogP contribution is 2.27. The van der Waals surface area contributed by atoms with Gasteiger partial charge in [-0.1, -0.05) is 18.6 Å². The van der Waals surface area contributed by atoms with E-state index in [1.54, 1.807) is 0 Å². The van der Waals surface area contributed by atoms with Crippen molar-refractivity contribution in [1.29, 1.82) is 0 Å². The molecule has 1 heterocycles. The van der Waals surface area contributed by atoms with E-state index in [0.717, 1.165) is 0 Å². The maximum atomic E-state index is 10.0. The second kappa shape index (κ2) is 4.64. The molecule has 3 nitrogen and oxygen atoms in total. The smallest absolute Gasteiger partial charge is 0.163 e. The van der Waals surface area contributed by atoms with Crippen molar-refractivity contribution in [2.24, 2.45) is 5.92 Å². The maximum absolute atomic E-state index is 10.0. The number of hydrogen-bond donors (Lipinski definition) is 1. The van der Waals surface area contributed by atoms with E-state index >= 15 is 0 Å². The fraction of sp³-hybridized carbons (Fsp3) is 0.833. The average molecular weight is 214 g/mol. The molecular weight excluding hydrogens is 192 g/mol. The van der Waals surface area contributed by atoms with Crippen LogP contribution in [0, 0.1) is 5.92 Å². The SMILES string of the molecule is CC(C)=C[C@H](C)[C@H](O)[C@H]1COC(C)(C)O1. The Balaban J connectivity index is 2.55. The normalized spacial score (nSPS) is 28.5. The monoisotopic (exact) mass is 214 g/mol. The number of hydrogen-bond acceptors (Lipinski definition) is 3. The van der Waals surface area contributed by atoms with E-state index in [0.29, 0.717) is 6.61 Å². The van der Waals surface area contributed by atoms with E-state index in [1.807, 2.05) is 34.6 Å². The van der Waals surface area contributed by atoms with E-state index in [2.05, 4.69) is 6.08 Å². The Morgan fingerprint density at radius 3 is 2.47 bits per heavy atom. The largest absolute Gasteiger partial charge is 0.390 e. The molecule has 0 aliphatic carbocycles. The Kier molecular flexibility index (Phi) is 3.93. The van der Waals surface area contributed by atoms with Gasteiger partial charge in [-0.3, -0.25) is 0 Å². The molecule has 15 heavy (non-hydrogen) atoms. The summed E-state index contributed by atoms with van der Waals surface area (Å²) >= 11 is 0. The molecule has 1 aliphatic heterocycles. The molecule has 1 rings (SSSR count). The van der Waals surface area contributed by atoms with Crippen molar-refractivity contribution >= 4 is 0 Å². The van der Waals surface area contributed by atoms with Gasteiger partial charge in [0.25, 0.3) is 0 Å². The molecule has 3 heteroatoms. The molecule has 0 unspecified atom stereocenters. The third kappa shape index (κ3) is 3.59. The van der Waals surface area contributed by atoms with Gasteiger partial charge >= 0.3 is 0 Å². The van der Waals surface area contributed by atoms with Crippen LogP contribution in [0.4, 0.5) is 0 Å². The van der Waals surface area contributed by atoms with Crippen molar-refractivity contribution in [1.82, 2.24) is 0 Å². The topological polar surface area (TPSA) is 38.7 Å². The molecule has 0 radical (unpaired) electrons. The Labute approximate surface area is 92.1 Å². The highest BCUT2D eigenvalue weighted by atomic mass is 16.7. The molecule has 0 amide bonds. The number of aliphatic hydroxyl groups is 1. The highest BCUT2D eigenvalue weighted by molar-refractivity contribution is 5.00. The minimum absolute atomic E-state index is 0.0949. The summed E-state index contributed by atoms with van der Waals surface area (Å²) in [6, 6.07) is 0. The third-order valence-corrected chi connectivity index (χ3v) is 2.55. The first-order chi connectivity index (χ1) is 6.82. The second-order valence-corrected chi connectivity index (χ2v) is 4.96.